The van der Waals surface area contributed by atoms with Crippen molar-refractivity contribution in [3.63, 3.8) is 0 Å². The van der Waals surface area contributed by atoms with Gasteiger partial charge in [-0.3, -0.25) is 0 Å². The average molecular weight is 292 g/mol. The molecule has 1 aliphatic heterocycles. The molecule has 0 amide bonds. The van der Waals surface area contributed by atoms with Gasteiger partial charge in [0.2, 0.25) is 0 Å². The van der Waals surface area contributed by atoms with Crippen molar-refractivity contribution in [1.29, 1.82) is 0 Å². The van der Waals surface area contributed by atoms with Gasteiger partial charge in [-0.1, -0.05) is 31.5 Å². The van der Waals surface area contributed by atoms with Crippen molar-refractivity contribution in [2.45, 2.75) is 32.3 Å². The Kier molecular flexibility index (Phi) is 6.70. The number of rotatable bonds is 8. The molecule has 0 saturated carbocycles. The topological polar surface area (TPSA) is 44.8 Å². The Bertz CT molecular complexity index is 418. The summed E-state index contributed by atoms with van der Waals surface area (Å²) in [5.41, 5.74) is 0.590. The minimum absolute atomic E-state index is 0.0467. The van der Waals surface area contributed by atoms with Crippen LogP contribution in [0.15, 0.2) is 30.3 Å². The molecule has 4 nitrogen and oxygen atoms in total. The van der Waals surface area contributed by atoms with Gasteiger partial charge in [-0.25, -0.2) is 4.79 Å². The van der Waals surface area contributed by atoms with Crippen LogP contribution in [0, 0.1) is 5.92 Å². The first kappa shape index (κ1) is 16.0. The van der Waals surface area contributed by atoms with E-state index < -0.39 is 0 Å². The lowest BCUT2D eigenvalue weighted by Crippen LogP contribution is -2.27. The molecule has 1 aromatic carbocycles. The number of hydrogen-bond donors (Lipinski definition) is 0. The van der Waals surface area contributed by atoms with Crippen molar-refractivity contribution in [1.82, 2.24) is 0 Å². The summed E-state index contributed by atoms with van der Waals surface area (Å²) < 4.78 is 16.7. The van der Waals surface area contributed by atoms with Gasteiger partial charge in [0, 0.05) is 19.1 Å². The predicted molar refractivity (Wildman–Crippen MR) is 80.3 cm³/mol. The van der Waals surface area contributed by atoms with E-state index in [2.05, 4.69) is 6.92 Å². The molecule has 0 N–H and O–H groups in total. The number of benzene rings is 1. The van der Waals surface area contributed by atoms with Gasteiger partial charge in [-0.05, 0) is 25.0 Å². The summed E-state index contributed by atoms with van der Waals surface area (Å²) in [7, 11) is 0. The van der Waals surface area contributed by atoms with Crippen molar-refractivity contribution in [2.75, 3.05) is 26.4 Å². The highest BCUT2D eigenvalue weighted by Gasteiger charge is 2.29. The maximum atomic E-state index is 11.9. The van der Waals surface area contributed by atoms with E-state index in [9.17, 15) is 4.79 Å². The van der Waals surface area contributed by atoms with E-state index in [1.807, 2.05) is 18.2 Å². The molecule has 2 atom stereocenters. The van der Waals surface area contributed by atoms with Crippen LogP contribution in [0.4, 0.5) is 0 Å². The number of hydrogen-bond acceptors (Lipinski definition) is 4. The maximum Gasteiger partial charge on any atom is 0.338 e. The Balaban J connectivity index is 1.72. The van der Waals surface area contributed by atoms with E-state index in [0.29, 0.717) is 18.8 Å². The van der Waals surface area contributed by atoms with Gasteiger partial charge >= 0.3 is 5.97 Å². The van der Waals surface area contributed by atoms with E-state index in [1.54, 1.807) is 12.1 Å². The quantitative estimate of drug-likeness (QED) is 0.545. The summed E-state index contributed by atoms with van der Waals surface area (Å²) in [5, 5.41) is 0. The van der Waals surface area contributed by atoms with Crippen molar-refractivity contribution in [3.05, 3.63) is 35.9 Å². The Hall–Kier alpha value is -1.39. The highest BCUT2D eigenvalue weighted by atomic mass is 16.5. The zero-order valence-electron chi connectivity index (χ0n) is 12.6. The van der Waals surface area contributed by atoms with Crippen LogP contribution in [0.3, 0.4) is 0 Å². The molecule has 1 fully saturated rings. The Labute approximate surface area is 126 Å². The van der Waals surface area contributed by atoms with Crippen LogP contribution in [-0.4, -0.2) is 38.5 Å². The summed E-state index contributed by atoms with van der Waals surface area (Å²) >= 11 is 0. The molecule has 2 rings (SSSR count). The molecule has 0 radical (unpaired) electrons. The second-order valence-electron chi connectivity index (χ2n) is 5.35. The third kappa shape index (κ3) is 5.14. The van der Waals surface area contributed by atoms with Gasteiger partial charge in [0.15, 0.2) is 0 Å². The van der Waals surface area contributed by atoms with Crippen molar-refractivity contribution in [2.24, 2.45) is 5.92 Å². The largest absolute Gasteiger partial charge is 0.462 e. The molecule has 0 aliphatic carbocycles. The van der Waals surface area contributed by atoms with Crippen LogP contribution in [-0.2, 0) is 14.2 Å². The van der Waals surface area contributed by atoms with Crippen LogP contribution in [0.2, 0.25) is 0 Å². The van der Waals surface area contributed by atoms with Gasteiger partial charge in [-0.15, -0.1) is 0 Å². The Morgan fingerprint density at radius 1 is 1.29 bits per heavy atom. The van der Waals surface area contributed by atoms with Crippen molar-refractivity contribution in [3.8, 4) is 0 Å². The maximum absolute atomic E-state index is 11.9. The lowest BCUT2D eigenvalue weighted by molar-refractivity contribution is -0.0131. The molecular formula is C17H24O4. The molecule has 0 bridgehead atoms. The van der Waals surface area contributed by atoms with Crippen LogP contribution < -0.4 is 0 Å². The minimum Gasteiger partial charge on any atom is -0.462 e. The number of carbonyl (C=O) groups is 1. The zero-order chi connectivity index (χ0) is 14.9. The molecule has 0 spiro atoms. The highest BCUT2D eigenvalue weighted by molar-refractivity contribution is 5.89. The molecular weight excluding hydrogens is 268 g/mol. The van der Waals surface area contributed by atoms with Crippen LogP contribution in [0.25, 0.3) is 0 Å². The zero-order valence-corrected chi connectivity index (χ0v) is 12.6. The average Bonchev–Trinajstić information content (AvgIpc) is 2.97. The fourth-order valence-corrected chi connectivity index (χ4v) is 2.35. The van der Waals surface area contributed by atoms with Gasteiger partial charge in [0.1, 0.15) is 0 Å². The fourth-order valence-electron chi connectivity index (χ4n) is 2.35. The first-order valence-electron chi connectivity index (χ1n) is 7.72. The fraction of sp³-hybridized carbons (Fsp3) is 0.588. The lowest BCUT2D eigenvalue weighted by Gasteiger charge is -2.18. The van der Waals surface area contributed by atoms with E-state index in [1.165, 1.54) is 0 Å². The van der Waals surface area contributed by atoms with Gasteiger partial charge in [0.05, 0.1) is 24.9 Å². The summed E-state index contributed by atoms with van der Waals surface area (Å²) in [6.45, 7) is 4.62. The third-order valence-corrected chi connectivity index (χ3v) is 3.71. The summed E-state index contributed by atoms with van der Waals surface area (Å²) in [4.78, 5) is 11.9. The molecule has 1 aromatic rings. The second-order valence-corrected chi connectivity index (χ2v) is 5.35. The molecule has 116 valence electrons. The van der Waals surface area contributed by atoms with E-state index >= 15 is 0 Å². The van der Waals surface area contributed by atoms with Crippen LogP contribution in [0.5, 0.6) is 0 Å². The first-order valence-corrected chi connectivity index (χ1v) is 7.72. The van der Waals surface area contributed by atoms with Gasteiger partial charge in [0.25, 0.3) is 0 Å². The molecule has 0 unspecified atom stereocenters. The normalized spacial score (nSPS) is 21.4. The number of esters is 1. The third-order valence-electron chi connectivity index (χ3n) is 3.71. The number of carbonyl (C=O) groups excluding carboxylic acids is 1. The van der Waals surface area contributed by atoms with Crippen LogP contribution >= 0.6 is 0 Å². The molecule has 1 aliphatic rings. The Morgan fingerprint density at radius 2 is 2.10 bits per heavy atom. The first-order chi connectivity index (χ1) is 10.3. The predicted octanol–water partition coefficient (Wildman–Crippen LogP) is 3.07. The van der Waals surface area contributed by atoms with E-state index in [-0.39, 0.29) is 18.0 Å². The standard InChI is InChI=1S/C17H24O4/c1-2-3-10-19-13-16-15(9-11-20-16)12-21-17(18)14-7-5-4-6-8-14/h4-8,15-16H,2-3,9-13H2,1H3/t15-,16-/m0/s1. The van der Waals surface area contributed by atoms with Crippen molar-refractivity contribution < 1.29 is 19.0 Å². The number of ether oxygens (including phenoxy) is 3. The monoisotopic (exact) mass is 292 g/mol. The lowest BCUT2D eigenvalue weighted by atomic mass is 10.0. The smallest absolute Gasteiger partial charge is 0.338 e. The highest BCUT2D eigenvalue weighted by Crippen LogP contribution is 2.22. The molecule has 4 heteroatoms. The number of unbranched alkanes of at least 4 members (excludes halogenated alkanes) is 1. The summed E-state index contributed by atoms with van der Waals surface area (Å²) in [6, 6.07) is 9.07. The summed E-state index contributed by atoms with van der Waals surface area (Å²) in [5.74, 6) is -0.0348. The van der Waals surface area contributed by atoms with Crippen LogP contribution in [0.1, 0.15) is 36.5 Å². The molecule has 21 heavy (non-hydrogen) atoms. The SMILES string of the molecule is CCCCOC[C@@H]1OCC[C@H]1COC(=O)c1ccccc1. The molecule has 0 aromatic heterocycles. The molecule has 1 heterocycles. The van der Waals surface area contributed by atoms with E-state index in [4.69, 9.17) is 14.2 Å². The summed E-state index contributed by atoms with van der Waals surface area (Å²) in [6.07, 6.45) is 3.17. The van der Waals surface area contributed by atoms with E-state index in [0.717, 1.165) is 32.5 Å². The molecule has 1 saturated heterocycles. The minimum atomic E-state index is -0.270. The van der Waals surface area contributed by atoms with Gasteiger partial charge < -0.3 is 14.2 Å². The Morgan fingerprint density at radius 3 is 2.86 bits per heavy atom. The van der Waals surface area contributed by atoms with Gasteiger partial charge in [-0.2, -0.15) is 0 Å². The second kappa shape index (κ2) is 8.80. The van der Waals surface area contributed by atoms with Crippen molar-refractivity contribution >= 4 is 5.97 Å².